The van der Waals surface area contributed by atoms with Gasteiger partial charge in [-0.15, -0.1) is 0 Å². The summed E-state index contributed by atoms with van der Waals surface area (Å²) in [6, 6.07) is 3.48. The van der Waals surface area contributed by atoms with Gasteiger partial charge in [0.15, 0.2) is 0 Å². The molecule has 1 aromatic carbocycles. The summed E-state index contributed by atoms with van der Waals surface area (Å²) in [4.78, 5) is 39.2. The standard InChI is InChI=1S/C18H25N3O3/c1-6-21-16(23)9-14(18(21)24)20(5)10-15(22)19-17-12(3)7-11(2)8-13(17)4/h7-8,14H,6,9-10H2,1-5H3,(H,19,22)/t14-/m1/s1. The molecule has 1 atom stereocenters. The Labute approximate surface area is 142 Å². The Hall–Kier alpha value is -2.21. The number of nitrogens with zero attached hydrogens (tertiary/aromatic N) is 2. The molecule has 0 aromatic heterocycles. The van der Waals surface area contributed by atoms with Crippen molar-refractivity contribution in [3.8, 4) is 0 Å². The maximum absolute atomic E-state index is 12.3. The van der Waals surface area contributed by atoms with E-state index in [1.165, 1.54) is 4.90 Å². The van der Waals surface area contributed by atoms with E-state index in [-0.39, 0.29) is 30.7 Å². The maximum Gasteiger partial charge on any atom is 0.247 e. The molecule has 3 amide bonds. The Balaban J connectivity index is 2.03. The van der Waals surface area contributed by atoms with Crippen LogP contribution in [-0.2, 0) is 14.4 Å². The molecule has 130 valence electrons. The first kappa shape index (κ1) is 18.1. The normalized spacial score (nSPS) is 17.8. The molecule has 1 aromatic rings. The van der Waals surface area contributed by atoms with Gasteiger partial charge < -0.3 is 5.32 Å². The monoisotopic (exact) mass is 331 g/mol. The Bertz CT molecular complexity index is 661. The second kappa shape index (κ2) is 7.13. The van der Waals surface area contributed by atoms with Crippen molar-refractivity contribution >= 4 is 23.4 Å². The summed E-state index contributed by atoms with van der Waals surface area (Å²) in [5.41, 5.74) is 3.97. The molecule has 6 nitrogen and oxygen atoms in total. The van der Waals surface area contributed by atoms with Crippen LogP contribution in [0.15, 0.2) is 12.1 Å². The van der Waals surface area contributed by atoms with Crippen molar-refractivity contribution in [1.82, 2.24) is 9.80 Å². The lowest BCUT2D eigenvalue weighted by molar-refractivity contribution is -0.139. The van der Waals surface area contributed by atoms with E-state index < -0.39 is 6.04 Å². The highest BCUT2D eigenvalue weighted by Crippen LogP contribution is 2.22. The molecular formula is C18H25N3O3. The average Bonchev–Trinajstić information content (AvgIpc) is 2.77. The number of anilines is 1. The highest BCUT2D eigenvalue weighted by atomic mass is 16.2. The minimum absolute atomic E-state index is 0.0635. The summed E-state index contributed by atoms with van der Waals surface area (Å²) >= 11 is 0. The lowest BCUT2D eigenvalue weighted by Gasteiger charge is -2.22. The predicted molar refractivity (Wildman–Crippen MR) is 92.7 cm³/mol. The van der Waals surface area contributed by atoms with Gasteiger partial charge in [-0.2, -0.15) is 0 Å². The SMILES string of the molecule is CCN1C(=O)C[C@@H](N(C)CC(=O)Nc2c(C)cc(C)cc2C)C1=O. The number of likely N-dealkylation sites (tertiary alicyclic amines) is 1. The molecule has 0 bridgehead atoms. The zero-order chi connectivity index (χ0) is 18.0. The van der Waals surface area contributed by atoms with Crippen LogP contribution in [-0.4, -0.2) is 53.7 Å². The Morgan fingerprint density at radius 1 is 1.25 bits per heavy atom. The van der Waals surface area contributed by atoms with Crippen LogP contribution in [0.4, 0.5) is 5.69 Å². The molecule has 24 heavy (non-hydrogen) atoms. The largest absolute Gasteiger partial charge is 0.324 e. The van der Waals surface area contributed by atoms with Gasteiger partial charge in [-0.3, -0.25) is 24.2 Å². The van der Waals surface area contributed by atoms with E-state index in [2.05, 4.69) is 5.32 Å². The topological polar surface area (TPSA) is 69.7 Å². The molecule has 6 heteroatoms. The van der Waals surface area contributed by atoms with Gasteiger partial charge in [0.1, 0.15) is 0 Å². The second-order valence-electron chi connectivity index (χ2n) is 6.43. The molecule has 0 spiro atoms. The van der Waals surface area contributed by atoms with E-state index in [1.54, 1.807) is 18.9 Å². The molecular weight excluding hydrogens is 306 g/mol. The number of carbonyl (C=O) groups is 3. The zero-order valence-corrected chi connectivity index (χ0v) is 15.0. The Morgan fingerprint density at radius 2 is 1.83 bits per heavy atom. The molecule has 0 saturated carbocycles. The molecule has 1 saturated heterocycles. The van der Waals surface area contributed by atoms with Crippen LogP contribution in [0.1, 0.15) is 30.0 Å². The molecule has 1 heterocycles. The molecule has 0 unspecified atom stereocenters. The zero-order valence-electron chi connectivity index (χ0n) is 15.0. The molecule has 1 aliphatic heterocycles. The van der Waals surface area contributed by atoms with Crippen LogP contribution in [0.3, 0.4) is 0 Å². The number of imide groups is 1. The first-order valence-electron chi connectivity index (χ1n) is 8.16. The van der Waals surface area contributed by atoms with E-state index >= 15 is 0 Å². The number of rotatable bonds is 5. The minimum Gasteiger partial charge on any atom is -0.324 e. The van der Waals surface area contributed by atoms with Gasteiger partial charge in [0, 0.05) is 12.2 Å². The number of hydrogen-bond donors (Lipinski definition) is 1. The summed E-state index contributed by atoms with van der Waals surface area (Å²) in [7, 11) is 1.70. The number of benzene rings is 1. The van der Waals surface area contributed by atoms with E-state index in [0.29, 0.717) is 6.54 Å². The van der Waals surface area contributed by atoms with E-state index in [1.807, 2.05) is 32.9 Å². The summed E-state index contributed by atoms with van der Waals surface area (Å²) in [6.45, 7) is 8.13. The number of amides is 3. The number of carbonyl (C=O) groups excluding carboxylic acids is 3. The fourth-order valence-corrected chi connectivity index (χ4v) is 3.24. The number of hydrogen-bond acceptors (Lipinski definition) is 4. The predicted octanol–water partition coefficient (Wildman–Crippen LogP) is 1.63. The number of nitrogens with one attached hydrogen (secondary N) is 1. The minimum atomic E-state index is -0.552. The lowest BCUT2D eigenvalue weighted by Crippen LogP contribution is -2.43. The molecule has 1 N–H and O–H groups in total. The van der Waals surface area contributed by atoms with Gasteiger partial charge >= 0.3 is 0 Å². The van der Waals surface area contributed by atoms with Gasteiger partial charge in [0.2, 0.25) is 17.7 Å². The summed E-state index contributed by atoms with van der Waals surface area (Å²) in [6.07, 6.45) is 0.138. The quantitative estimate of drug-likeness (QED) is 0.833. The van der Waals surface area contributed by atoms with Gasteiger partial charge in [-0.25, -0.2) is 0 Å². The number of likely N-dealkylation sites (N-methyl/N-ethyl adjacent to an activating group) is 2. The molecule has 0 radical (unpaired) electrons. The van der Waals surface area contributed by atoms with Crippen molar-refractivity contribution in [2.75, 3.05) is 25.5 Å². The maximum atomic E-state index is 12.3. The highest BCUT2D eigenvalue weighted by molar-refractivity contribution is 6.05. The van der Waals surface area contributed by atoms with E-state index in [4.69, 9.17) is 0 Å². The molecule has 0 aliphatic carbocycles. The van der Waals surface area contributed by atoms with Crippen molar-refractivity contribution in [1.29, 1.82) is 0 Å². The van der Waals surface area contributed by atoms with Crippen molar-refractivity contribution in [2.24, 2.45) is 0 Å². The third-order valence-electron chi connectivity index (χ3n) is 4.40. The van der Waals surface area contributed by atoms with Gasteiger partial charge in [0.05, 0.1) is 19.0 Å². The van der Waals surface area contributed by atoms with Crippen molar-refractivity contribution < 1.29 is 14.4 Å². The van der Waals surface area contributed by atoms with E-state index in [9.17, 15) is 14.4 Å². The van der Waals surface area contributed by atoms with Crippen LogP contribution in [0.2, 0.25) is 0 Å². The third-order valence-corrected chi connectivity index (χ3v) is 4.40. The number of aryl methyl sites for hydroxylation is 3. The Morgan fingerprint density at radius 3 is 2.33 bits per heavy atom. The Kier molecular flexibility index (Phi) is 5.39. The lowest BCUT2D eigenvalue weighted by atomic mass is 10.1. The molecule has 1 fully saturated rings. The summed E-state index contributed by atoms with van der Waals surface area (Å²) in [5, 5.41) is 2.92. The fourth-order valence-electron chi connectivity index (χ4n) is 3.24. The van der Waals surface area contributed by atoms with Crippen molar-refractivity contribution in [3.63, 3.8) is 0 Å². The van der Waals surface area contributed by atoms with Gasteiger partial charge in [0.25, 0.3) is 0 Å². The van der Waals surface area contributed by atoms with Crippen molar-refractivity contribution in [3.05, 3.63) is 28.8 Å². The smallest absolute Gasteiger partial charge is 0.247 e. The molecule has 1 aliphatic rings. The van der Waals surface area contributed by atoms with Gasteiger partial charge in [-0.05, 0) is 45.9 Å². The second-order valence-corrected chi connectivity index (χ2v) is 6.43. The van der Waals surface area contributed by atoms with Crippen molar-refractivity contribution in [2.45, 2.75) is 40.2 Å². The first-order valence-corrected chi connectivity index (χ1v) is 8.16. The van der Waals surface area contributed by atoms with Crippen LogP contribution in [0.5, 0.6) is 0 Å². The summed E-state index contributed by atoms with van der Waals surface area (Å²) in [5.74, 6) is -0.590. The first-order chi connectivity index (χ1) is 11.2. The van der Waals surface area contributed by atoms with E-state index in [0.717, 1.165) is 22.4 Å². The van der Waals surface area contributed by atoms with Crippen LogP contribution in [0.25, 0.3) is 0 Å². The molecule has 2 rings (SSSR count). The van der Waals surface area contributed by atoms with Crippen LogP contribution >= 0.6 is 0 Å². The third kappa shape index (κ3) is 3.64. The summed E-state index contributed by atoms with van der Waals surface area (Å²) < 4.78 is 0. The van der Waals surface area contributed by atoms with Gasteiger partial charge in [-0.1, -0.05) is 17.7 Å². The highest BCUT2D eigenvalue weighted by Gasteiger charge is 2.40. The van der Waals surface area contributed by atoms with Crippen LogP contribution < -0.4 is 5.32 Å². The average molecular weight is 331 g/mol. The fraction of sp³-hybridized carbons (Fsp3) is 0.500. The van der Waals surface area contributed by atoms with Crippen LogP contribution in [0, 0.1) is 20.8 Å².